The Bertz CT molecular complexity index is 1230. The van der Waals surface area contributed by atoms with Gasteiger partial charge in [-0.3, -0.25) is 9.97 Å². The molecule has 0 aliphatic carbocycles. The Morgan fingerprint density at radius 3 is 2.62 bits per heavy atom. The van der Waals surface area contributed by atoms with E-state index in [0.717, 1.165) is 38.2 Å². The molecular weight excluding hydrogens is 303 g/mol. The number of furan rings is 1. The van der Waals surface area contributed by atoms with Gasteiger partial charge in [-0.05, 0) is 24.3 Å². The fourth-order valence-corrected chi connectivity index (χ4v) is 3.17. The number of hydrogen-bond donors (Lipinski definition) is 1. The van der Waals surface area contributed by atoms with Gasteiger partial charge in [0, 0.05) is 33.9 Å². The zero-order valence-corrected chi connectivity index (χ0v) is 12.4. The SMILES string of the molecule is O[B]Oc1ccnc2c1ccc1c2ncc2c3ccccc3oc21. The van der Waals surface area contributed by atoms with E-state index >= 15 is 0 Å². The van der Waals surface area contributed by atoms with E-state index in [9.17, 15) is 0 Å². The van der Waals surface area contributed by atoms with Crippen molar-refractivity contribution in [1.82, 2.24) is 9.97 Å². The molecule has 0 aliphatic heterocycles. The van der Waals surface area contributed by atoms with Gasteiger partial charge in [0.25, 0.3) is 0 Å². The molecule has 113 valence electrons. The van der Waals surface area contributed by atoms with Crippen molar-refractivity contribution in [2.24, 2.45) is 0 Å². The first-order valence-corrected chi connectivity index (χ1v) is 7.47. The number of benzene rings is 2. The fraction of sp³-hybridized carbons (Fsp3) is 0. The third-order valence-electron chi connectivity index (χ3n) is 4.23. The maximum atomic E-state index is 8.92. The molecule has 6 heteroatoms. The van der Waals surface area contributed by atoms with Crippen LogP contribution in [-0.4, -0.2) is 22.7 Å². The summed E-state index contributed by atoms with van der Waals surface area (Å²) < 4.78 is 11.2. The molecule has 0 saturated carbocycles. The predicted octanol–water partition coefficient (Wildman–Crippen LogP) is 3.59. The first kappa shape index (κ1) is 13.3. The second kappa shape index (κ2) is 4.94. The summed E-state index contributed by atoms with van der Waals surface area (Å²) in [5.41, 5.74) is 3.07. The quantitative estimate of drug-likeness (QED) is 0.398. The predicted molar refractivity (Wildman–Crippen MR) is 92.9 cm³/mol. The van der Waals surface area contributed by atoms with E-state index in [2.05, 4.69) is 9.97 Å². The molecule has 0 fully saturated rings. The first-order valence-electron chi connectivity index (χ1n) is 7.47. The summed E-state index contributed by atoms with van der Waals surface area (Å²) in [6, 6.07) is 13.4. The van der Waals surface area contributed by atoms with Gasteiger partial charge >= 0.3 is 7.69 Å². The van der Waals surface area contributed by atoms with Gasteiger partial charge in [-0.1, -0.05) is 18.2 Å². The van der Waals surface area contributed by atoms with Crippen LogP contribution in [0.25, 0.3) is 43.7 Å². The van der Waals surface area contributed by atoms with Crippen LogP contribution in [-0.2, 0) is 0 Å². The van der Waals surface area contributed by atoms with Crippen LogP contribution in [0.4, 0.5) is 0 Å². The molecule has 0 unspecified atom stereocenters. The lowest BCUT2D eigenvalue weighted by Gasteiger charge is -2.07. The summed E-state index contributed by atoms with van der Waals surface area (Å²) in [5, 5.41) is 12.6. The van der Waals surface area contributed by atoms with Crippen molar-refractivity contribution < 1.29 is 14.1 Å². The molecule has 0 spiro atoms. The van der Waals surface area contributed by atoms with E-state index in [1.54, 1.807) is 12.3 Å². The third kappa shape index (κ3) is 1.74. The van der Waals surface area contributed by atoms with E-state index in [4.69, 9.17) is 14.1 Å². The van der Waals surface area contributed by atoms with Crippen molar-refractivity contribution in [3.63, 3.8) is 0 Å². The molecule has 3 heterocycles. The van der Waals surface area contributed by atoms with Crippen molar-refractivity contribution in [3.8, 4) is 5.75 Å². The summed E-state index contributed by atoms with van der Waals surface area (Å²) in [5.74, 6) is 0.524. The smallest absolute Gasteiger partial charge is 0.537 e. The van der Waals surface area contributed by atoms with Crippen molar-refractivity contribution >= 4 is 51.4 Å². The Balaban J connectivity index is 1.93. The topological polar surface area (TPSA) is 68.4 Å². The maximum Gasteiger partial charge on any atom is 0.569 e. The normalized spacial score (nSPS) is 11.5. The van der Waals surface area contributed by atoms with Crippen LogP contribution < -0.4 is 4.65 Å². The largest absolute Gasteiger partial charge is 0.569 e. The lowest BCUT2D eigenvalue weighted by Crippen LogP contribution is -2.00. The van der Waals surface area contributed by atoms with Gasteiger partial charge in [-0.2, -0.15) is 0 Å². The molecule has 1 N–H and O–H groups in total. The summed E-state index contributed by atoms with van der Waals surface area (Å²) >= 11 is 0. The van der Waals surface area contributed by atoms with Crippen molar-refractivity contribution in [2.75, 3.05) is 0 Å². The number of fused-ring (bicyclic) bond motifs is 7. The van der Waals surface area contributed by atoms with Crippen LogP contribution in [0.15, 0.2) is 59.3 Å². The van der Waals surface area contributed by atoms with Crippen LogP contribution in [0.2, 0.25) is 0 Å². The summed E-state index contributed by atoms with van der Waals surface area (Å²) in [4.78, 5) is 9.04. The van der Waals surface area contributed by atoms with E-state index in [0.29, 0.717) is 19.0 Å². The molecule has 24 heavy (non-hydrogen) atoms. The van der Waals surface area contributed by atoms with Crippen molar-refractivity contribution in [2.45, 2.75) is 0 Å². The molecule has 0 amide bonds. The van der Waals surface area contributed by atoms with Gasteiger partial charge in [-0.15, -0.1) is 0 Å². The highest BCUT2D eigenvalue weighted by Gasteiger charge is 2.14. The first-order chi connectivity index (χ1) is 11.9. The van der Waals surface area contributed by atoms with Gasteiger partial charge in [0.2, 0.25) is 0 Å². The molecule has 0 saturated heterocycles. The van der Waals surface area contributed by atoms with Crippen LogP contribution in [0, 0.1) is 0 Å². The minimum Gasteiger partial charge on any atom is -0.537 e. The monoisotopic (exact) mass is 313 g/mol. The van der Waals surface area contributed by atoms with Gasteiger partial charge in [-0.25, -0.2) is 0 Å². The number of rotatable bonds is 2. The van der Waals surface area contributed by atoms with Crippen LogP contribution in [0.5, 0.6) is 5.75 Å². The van der Waals surface area contributed by atoms with Gasteiger partial charge in [0.05, 0.1) is 0 Å². The standard InChI is InChI=1S/C18H10BN2O3/c22-19-24-15-7-8-20-16-11(15)5-6-12-17(16)21-9-13-10-3-1-2-4-14(10)23-18(12)13/h1-9,22H. The van der Waals surface area contributed by atoms with E-state index in [1.165, 1.54) is 0 Å². The van der Waals surface area contributed by atoms with Crippen LogP contribution in [0.1, 0.15) is 0 Å². The maximum absolute atomic E-state index is 8.92. The van der Waals surface area contributed by atoms with Crippen molar-refractivity contribution in [3.05, 3.63) is 54.9 Å². The molecule has 0 bridgehead atoms. The molecule has 0 aliphatic rings. The van der Waals surface area contributed by atoms with Gasteiger partial charge in [0.15, 0.2) is 0 Å². The Hall–Kier alpha value is -3.12. The van der Waals surface area contributed by atoms with E-state index in [-0.39, 0.29) is 0 Å². The number of nitrogens with zero attached hydrogens (tertiary/aromatic N) is 2. The molecule has 3 aromatic heterocycles. The Morgan fingerprint density at radius 2 is 1.71 bits per heavy atom. The Morgan fingerprint density at radius 1 is 0.875 bits per heavy atom. The highest BCUT2D eigenvalue weighted by atomic mass is 16.5. The highest BCUT2D eigenvalue weighted by molar-refractivity contribution is 6.20. The third-order valence-corrected chi connectivity index (χ3v) is 4.23. The average Bonchev–Trinajstić information content (AvgIpc) is 3.01. The van der Waals surface area contributed by atoms with Crippen molar-refractivity contribution in [1.29, 1.82) is 0 Å². The zero-order valence-electron chi connectivity index (χ0n) is 12.4. The zero-order chi connectivity index (χ0) is 16.1. The van der Waals surface area contributed by atoms with Gasteiger partial charge < -0.3 is 14.1 Å². The summed E-state index contributed by atoms with van der Waals surface area (Å²) in [7, 11) is 0.662. The number of aromatic nitrogens is 2. The van der Waals surface area contributed by atoms with E-state index < -0.39 is 0 Å². The molecule has 5 rings (SSSR count). The molecular formula is C18H10BN2O3. The van der Waals surface area contributed by atoms with Gasteiger partial charge in [0.1, 0.15) is 27.9 Å². The number of pyridine rings is 2. The minimum absolute atomic E-state index is 0.524. The van der Waals surface area contributed by atoms with Crippen LogP contribution in [0.3, 0.4) is 0 Å². The van der Waals surface area contributed by atoms with Crippen LogP contribution >= 0.6 is 0 Å². The molecule has 2 aromatic carbocycles. The molecule has 5 aromatic rings. The summed E-state index contributed by atoms with van der Waals surface area (Å²) in [6.07, 6.45) is 3.45. The lowest BCUT2D eigenvalue weighted by atomic mass is 10.1. The average molecular weight is 313 g/mol. The second-order valence-electron chi connectivity index (χ2n) is 5.49. The van der Waals surface area contributed by atoms with E-state index in [1.807, 2.05) is 42.6 Å². The number of para-hydroxylation sites is 1. The minimum atomic E-state index is 0.524. The fourth-order valence-electron chi connectivity index (χ4n) is 3.17. The highest BCUT2D eigenvalue weighted by Crippen LogP contribution is 2.36. The molecule has 1 radical (unpaired) electrons. The molecule has 0 atom stereocenters. The lowest BCUT2D eigenvalue weighted by molar-refractivity contribution is 0.456. The Kier molecular flexibility index (Phi) is 2.75. The summed E-state index contributed by atoms with van der Waals surface area (Å²) in [6.45, 7) is 0. The number of hydrogen-bond acceptors (Lipinski definition) is 5. The Labute approximate surface area is 136 Å². The second-order valence-corrected chi connectivity index (χ2v) is 5.49. The molecule has 5 nitrogen and oxygen atoms in total.